The zero-order valence-corrected chi connectivity index (χ0v) is 14.0. The lowest BCUT2D eigenvalue weighted by atomic mass is 10.2. The quantitative estimate of drug-likeness (QED) is 0.637. The molecule has 0 saturated carbocycles. The maximum Gasteiger partial charge on any atom is 0.317 e. The molecule has 0 aromatic carbocycles. The molecular weight excluding hydrogens is 304 g/mol. The Morgan fingerprint density at radius 2 is 2.27 bits per heavy atom. The molecule has 0 aliphatic rings. The van der Waals surface area contributed by atoms with Crippen LogP contribution in [0, 0.1) is 13.8 Å². The number of aryl methyl sites for hydroxylation is 3. The lowest BCUT2D eigenvalue weighted by molar-refractivity contribution is 0.207. The summed E-state index contributed by atoms with van der Waals surface area (Å²) in [5.74, 6) is 1.48. The van der Waals surface area contributed by atoms with Gasteiger partial charge in [-0.05, 0) is 13.8 Å². The van der Waals surface area contributed by atoms with Gasteiger partial charge in [-0.3, -0.25) is 0 Å². The topological polar surface area (TPSA) is 89.1 Å². The van der Waals surface area contributed by atoms with Crippen LogP contribution in [0.15, 0.2) is 16.0 Å². The van der Waals surface area contributed by atoms with Crippen LogP contribution in [0.2, 0.25) is 0 Å². The molecule has 0 spiro atoms. The fourth-order valence-corrected chi connectivity index (χ4v) is 2.62. The number of urea groups is 1. The van der Waals surface area contributed by atoms with Gasteiger partial charge in [0.25, 0.3) is 0 Å². The van der Waals surface area contributed by atoms with E-state index in [2.05, 4.69) is 20.7 Å². The van der Waals surface area contributed by atoms with Crippen LogP contribution in [0.1, 0.15) is 17.0 Å². The number of aromatic nitrogens is 4. The van der Waals surface area contributed by atoms with E-state index in [4.69, 9.17) is 4.52 Å². The normalized spacial score (nSPS) is 10.7. The first-order chi connectivity index (χ1) is 10.5. The second kappa shape index (κ2) is 7.30. The Bertz CT molecular complexity index is 619. The van der Waals surface area contributed by atoms with E-state index in [1.807, 2.05) is 25.5 Å². The van der Waals surface area contributed by atoms with Crippen molar-refractivity contribution in [1.82, 2.24) is 30.1 Å². The van der Waals surface area contributed by atoms with E-state index in [-0.39, 0.29) is 6.03 Å². The Labute approximate surface area is 133 Å². The number of carbonyl (C=O) groups excluding carboxylic acids is 1. The summed E-state index contributed by atoms with van der Waals surface area (Å²) in [6.07, 6.45) is 1.65. The Morgan fingerprint density at radius 1 is 1.50 bits per heavy atom. The van der Waals surface area contributed by atoms with Crippen LogP contribution < -0.4 is 5.32 Å². The largest absolute Gasteiger partial charge is 0.361 e. The van der Waals surface area contributed by atoms with Crippen molar-refractivity contribution in [2.24, 2.45) is 7.05 Å². The van der Waals surface area contributed by atoms with Crippen molar-refractivity contribution < 1.29 is 9.32 Å². The molecule has 2 aromatic rings. The van der Waals surface area contributed by atoms with Gasteiger partial charge in [0.1, 0.15) is 12.1 Å². The van der Waals surface area contributed by atoms with E-state index in [1.165, 1.54) is 0 Å². The minimum absolute atomic E-state index is 0.126. The van der Waals surface area contributed by atoms with Crippen LogP contribution in [-0.4, -0.2) is 50.2 Å². The van der Waals surface area contributed by atoms with Crippen LogP contribution in [0.5, 0.6) is 0 Å². The van der Waals surface area contributed by atoms with Crippen LogP contribution in [0.25, 0.3) is 0 Å². The second-order valence-corrected chi connectivity index (χ2v) is 6.03. The second-order valence-electron chi connectivity index (χ2n) is 4.96. The SMILES string of the molecule is Cc1noc(C)c1CN(C)C(=O)NCCSc1nncn1C. The van der Waals surface area contributed by atoms with Crippen molar-refractivity contribution in [3.8, 4) is 0 Å². The van der Waals surface area contributed by atoms with E-state index in [0.717, 1.165) is 27.9 Å². The molecule has 2 aromatic heterocycles. The summed E-state index contributed by atoms with van der Waals surface area (Å²) in [7, 11) is 3.63. The van der Waals surface area contributed by atoms with E-state index in [0.29, 0.717) is 13.1 Å². The van der Waals surface area contributed by atoms with Gasteiger partial charge in [0.05, 0.1) is 12.2 Å². The number of nitrogens with one attached hydrogen (secondary N) is 1. The summed E-state index contributed by atoms with van der Waals surface area (Å²) in [6.45, 7) is 4.75. The molecule has 0 aliphatic heterocycles. The predicted octanol–water partition coefficient (Wildman–Crippen LogP) is 1.35. The van der Waals surface area contributed by atoms with Gasteiger partial charge in [-0.25, -0.2) is 4.79 Å². The number of rotatable bonds is 6. The third-order valence-corrected chi connectivity index (χ3v) is 4.24. The summed E-state index contributed by atoms with van der Waals surface area (Å²) in [4.78, 5) is 13.7. The van der Waals surface area contributed by atoms with E-state index in [1.54, 1.807) is 30.0 Å². The van der Waals surface area contributed by atoms with E-state index >= 15 is 0 Å². The molecule has 22 heavy (non-hydrogen) atoms. The van der Waals surface area contributed by atoms with Gasteiger partial charge in [-0.2, -0.15) is 0 Å². The number of thioether (sulfide) groups is 1. The lowest BCUT2D eigenvalue weighted by Crippen LogP contribution is -2.38. The molecule has 8 nitrogen and oxygen atoms in total. The van der Waals surface area contributed by atoms with Crippen LogP contribution >= 0.6 is 11.8 Å². The first-order valence-electron chi connectivity index (χ1n) is 6.86. The molecular formula is C13H20N6O2S. The van der Waals surface area contributed by atoms with Gasteiger partial charge in [0.2, 0.25) is 0 Å². The summed E-state index contributed by atoms with van der Waals surface area (Å²) in [6, 6.07) is -0.126. The molecule has 0 aliphatic carbocycles. The Morgan fingerprint density at radius 3 is 2.86 bits per heavy atom. The molecule has 0 radical (unpaired) electrons. The van der Waals surface area contributed by atoms with Crippen molar-refractivity contribution in [3.05, 3.63) is 23.3 Å². The highest BCUT2D eigenvalue weighted by Gasteiger charge is 2.15. The first-order valence-corrected chi connectivity index (χ1v) is 7.85. The summed E-state index contributed by atoms with van der Waals surface area (Å²) in [5.41, 5.74) is 1.76. The van der Waals surface area contributed by atoms with Gasteiger partial charge >= 0.3 is 6.03 Å². The molecule has 1 N–H and O–H groups in total. The van der Waals surface area contributed by atoms with Crippen LogP contribution in [-0.2, 0) is 13.6 Å². The van der Waals surface area contributed by atoms with Gasteiger partial charge in [0.15, 0.2) is 5.16 Å². The van der Waals surface area contributed by atoms with Crippen LogP contribution in [0.4, 0.5) is 4.79 Å². The highest BCUT2D eigenvalue weighted by Crippen LogP contribution is 2.14. The van der Waals surface area contributed by atoms with Gasteiger partial charge in [-0.15, -0.1) is 10.2 Å². The summed E-state index contributed by atoms with van der Waals surface area (Å²) in [5, 5.41) is 15.4. The molecule has 2 heterocycles. The lowest BCUT2D eigenvalue weighted by Gasteiger charge is -2.17. The summed E-state index contributed by atoms with van der Waals surface area (Å²) < 4.78 is 6.94. The average molecular weight is 324 g/mol. The first kappa shape index (κ1) is 16.3. The molecule has 0 saturated heterocycles. The van der Waals surface area contributed by atoms with Crippen molar-refractivity contribution in [2.75, 3.05) is 19.3 Å². The number of hydrogen-bond donors (Lipinski definition) is 1. The maximum atomic E-state index is 12.0. The standard InChI is InChI=1S/C13H20N6O2S/c1-9-11(10(2)21-17-9)7-18(3)12(20)14-5-6-22-13-16-15-8-19(13)4/h8H,5-7H2,1-4H3,(H,14,20). The third kappa shape index (κ3) is 4.00. The smallest absolute Gasteiger partial charge is 0.317 e. The van der Waals surface area contributed by atoms with Gasteiger partial charge < -0.3 is 19.3 Å². The zero-order valence-electron chi connectivity index (χ0n) is 13.2. The number of amides is 2. The molecule has 120 valence electrons. The monoisotopic (exact) mass is 324 g/mol. The Kier molecular flexibility index (Phi) is 5.42. The predicted molar refractivity (Wildman–Crippen MR) is 82.6 cm³/mol. The van der Waals surface area contributed by atoms with Crippen molar-refractivity contribution in [2.45, 2.75) is 25.5 Å². The van der Waals surface area contributed by atoms with Crippen molar-refractivity contribution in [3.63, 3.8) is 0 Å². The number of hydrogen-bond acceptors (Lipinski definition) is 6. The van der Waals surface area contributed by atoms with Crippen LogP contribution in [0.3, 0.4) is 0 Å². The molecule has 0 bridgehead atoms. The molecule has 0 unspecified atom stereocenters. The molecule has 0 fully saturated rings. The van der Waals surface area contributed by atoms with Crippen molar-refractivity contribution >= 4 is 17.8 Å². The van der Waals surface area contributed by atoms with Crippen molar-refractivity contribution in [1.29, 1.82) is 0 Å². The number of nitrogens with zero attached hydrogens (tertiary/aromatic N) is 5. The van der Waals surface area contributed by atoms with Gasteiger partial charge in [-0.1, -0.05) is 16.9 Å². The maximum absolute atomic E-state index is 12.0. The molecule has 2 amide bonds. The average Bonchev–Trinajstić information content (AvgIpc) is 3.03. The molecule has 2 rings (SSSR count). The Hall–Kier alpha value is -2.03. The fraction of sp³-hybridized carbons (Fsp3) is 0.538. The van der Waals surface area contributed by atoms with E-state index < -0.39 is 0 Å². The zero-order chi connectivity index (χ0) is 16.1. The fourth-order valence-electron chi connectivity index (χ4n) is 1.88. The van der Waals surface area contributed by atoms with Gasteiger partial charge in [0, 0.05) is 32.0 Å². The molecule has 0 atom stereocenters. The minimum atomic E-state index is -0.126. The number of carbonyl (C=O) groups is 1. The summed E-state index contributed by atoms with van der Waals surface area (Å²) >= 11 is 1.55. The minimum Gasteiger partial charge on any atom is -0.361 e. The highest BCUT2D eigenvalue weighted by atomic mass is 32.2. The highest BCUT2D eigenvalue weighted by molar-refractivity contribution is 7.99. The Balaban J connectivity index is 1.74. The molecule has 9 heteroatoms. The third-order valence-electron chi connectivity index (χ3n) is 3.20. The van der Waals surface area contributed by atoms with E-state index in [9.17, 15) is 4.79 Å².